The summed E-state index contributed by atoms with van der Waals surface area (Å²) in [4.78, 5) is 27.7. The number of aromatic nitrogens is 2. The molecule has 1 aliphatic rings. The number of hydrogen-bond acceptors (Lipinski definition) is 6. The van der Waals surface area contributed by atoms with E-state index < -0.39 is 17.9 Å². The Bertz CT molecular complexity index is 710. The lowest BCUT2D eigenvalue weighted by Crippen LogP contribution is -2.48. The van der Waals surface area contributed by atoms with Gasteiger partial charge in [0.05, 0.1) is 6.61 Å². The summed E-state index contributed by atoms with van der Waals surface area (Å²) < 4.78 is 10.4. The van der Waals surface area contributed by atoms with Crippen LogP contribution in [0.3, 0.4) is 0 Å². The van der Waals surface area contributed by atoms with Crippen LogP contribution < -0.4 is 5.32 Å². The Morgan fingerprint density at radius 2 is 2.29 bits per heavy atom. The summed E-state index contributed by atoms with van der Waals surface area (Å²) >= 11 is 0. The number of ether oxygens (including phenoxy) is 1. The Labute approximate surface area is 137 Å². The number of pyridine rings is 1. The summed E-state index contributed by atoms with van der Waals surface area (Å²) in [7, 11) is 0. The Hall–Kier alpha value is -2.74. The average Bonchev–Trinajstić information content (AvgIpc) is 3.11. The zero-order valence-corrected chi connectivity index (χ0v) is 12.8. The molecule has 126 valence electrons. The standard InChI is InChI=1S/C16H17N3O5/c20-15(18-14(16(21)22)11-4-2-6-23-9-11)12-7-13(24-19-12)10-3-1-5-17-8-10/h1,3,5,7-8,11,14H,2,4,6,9H2,(H,18,20)(H,21,22). The Kier molecular flexibility index (Phi) is 4.85. The largest absolute Gasteiger partial charge is 0.480 e. The predicted octanol–water partition coefficient (Wildman–Crippen LogP) is 1.35. The molecule has 1 amide bonds. The molecule has 0 aromatic carbocycles. The number of carboxylic acids is 1. The van der Waals surface area contributed by atoms with E-state index in [1.54, 1.807) is 24.5 Å². The predicted molar refractivity (Wildman–Crippen MR) is 82.2 cm³/mol. The summed E-state index contributed by atoms with van der Waals surface area (Å²) in [5, 5.41) is 15.6. The zero-order chi connectivity index (χ0) is 16.9. The minimum atomic E-state index is -1.09. The van der Waals surface area contributed by atoms with Gasteiger partial charge in [0.25, 0.3) is 5.91 Å². The van der Waals surface area contributed by atoms with Gasteiger partial charge in [-0.1, -0.05) is 5.16 Å². The molecule has 3 heterocycles. The number of aliphatic carboxylic acids is 1. The molecule has 2 aromatic rings. The SMILES string of the molecule is O=C(NC(C(=O)O)C1CCCOC1)c1cc(-c2cccnc2)on1. The van der Waals surface area contributed by atoms with Crippen molar-refractivity contribution in [3.05, 3.63) is 36.3 Å². The molecule has 3 rings (SSSR count). The van der Waals surface area contributed by atoms with Gasteiger partial charge < -0.3 is 19.7 Å². The van der Waals surface area contributed by atoms with E-state index in [0.717, 1.165) is 6.42 Å². The van der Waals surface area contributed by atoms with E-state index in [1.807, 2.05) is 0 Å². The fraction of sp³-hybridized carbons (Fsp3) is 0.375. The van der Waals surface area contributed by atoms with Gasteiger partial charge in [0.1, 0.15) is 6.04 Å². The second-order valence-corrected chi connectivity index (χ2v) is 5.58. The van der Waals surface area contributed by atoms with Crippen LogP contribution in [0.25, 0.3) is 11.3 Å². The van der Waals surface area contributed by atoms with Crippen molar-refractivity contribution in [2.45, 2.75) is 18.9 Å². The lowest BCUT2D eigenvalue weighted by molar-refractivity contribution is -0.142. The van der Waals surface area contributed by atoms with E-state index in [4.69, 9.17) is 9.26 Å². The highest BCUT2D eigenvalue weighted by Gasteiger charge is 2.32. The third-order valence-corrected chi connectivity index (χ3v) is 3.91. The molecule has 0 saturated carbocycles. The lowest BCUT2D eigenvalue weighted by atomic mass is 9.93. The summed E-state index contributed by atoms with van der Waals surface area (Å²) in [6.45, 7) is 0.936. The second-order valence-electron chi connectivity index (χ2n) is 5.58. The van der Waals surface area contributed by atoms with Gasteiger partial charge in [-0.05, 0) is 25.0 Å². The normalized spacial score (nSPS) is 18.8. The van der Waals surface area contributed by atoms with Crippen LogP contribution >= 0.6 is 0 Å². The maximum Gasteiger partial charge on any atom is 0.326 e. The quantitative estimate of drug-likeness (QED) is 0.849. The fourth-order valence-corrected chi connectivity index (χ4v) is 2.65. The molecule has 0 spiro atoms. The van der Waals surface area contributed by atoms with Crippen molar-refractivity contribution in [3.63, 3.8) is 0 Å². The summed E-state index contributed by atoms with van der Waals surface area (Å²) in [6, 6.07) is 3.95. The monoisotopic (exact) mass is 331 g/mol. The highest BCUT2D eigenvalue weighted by atomic mass is 16.5. The summed E-state index contributed by atoms with van der Waals surface area (Å²) in [6.07, 6.45) is 4.68. The maximum atomic E-state index is 12.3. The zero-order valence-electron chi connectivity index (χ0n) is 12.8. The van der Waals surface area contributed by atoms with E-state index in [0.29, 0.717) is 31.0 Å². The third kappa shape index (κ3) is 3.60. The molecule has 0 radical (unpaired) electrons. The minimum Gasteiger partial charge on any atom is -0.480 e. The van der Waals surface area contributed by atoms with Crippen LogP contribution in [-0.2, 0) is 9.53 Å². The molecule has 2 unspecified atom stereocenters. The highest BCUT2D eigenvalue weighted by molar-refractivity contribution is 5.95. The van der Waals surface area contributed by atoms with Crippen LogP contribution in [0.4, 0.5) is 0 Å². The molecule has 8 nitrogen and oxygen atoms in total. The molecule has 2 atom stereocenters. The summed E-state index contributed by atoms with van der Waals surface area (Å²) in [5.74, 6) is -1.55. The molecule has 1 aliphatic heterocycles. The molecular weight excluding hydrogens is 314 g/mol. The van der Waals surface area contributed by atoms with Gasteiger partial charge in [-0.2, -0.15) is 0 Å². The van der Waals surface area contributed by atoms with Gasteiger partial charge in [0.15, 0.2) is 11.5 Å². The van der Waals surface area contributed by atoms with Crippen molar-refractivity contribution >= 4 is 11.9 Å². The van der Waals surface area contributed by atoms with Crippen LogP contribution in [0, 0.1) is 5.92 Å². The number of amides is 1. The van der Waals surface area contributed by atoms with Crippen LogP contribution in [0.15, 0.2) is 35.1 Å². The van der Waals surface area contributed by atoms with Gasteiger partial charge in [-0.25, -0.2) is 4.79 Å². The maximum absolute atomic E-state index is 12.3. The lowest BCUT2D eigenvalue weighted by Gasteiger charge is -2.27. The molecule has 0 aliphatic carbocycles. The van der Waals surface area contributed by atoms with E-state index in [-0.39, 0.29) is 11.6 Å². The Balaban J connectivity index is 1.71. The van der Waals surface area contributed by atoms with Gasteiger partial charge in [0, 0.05) is 36.5 Å². The van der Waals surface area contributed by atoms with Gasteiger partial charge in [0.2, 0.25) is 0 Å². The van der Waals surface area contributed by atoms with Crippen molar-refractivity contribution in [1.29, 1.82) is 0 Å². The second kappa shape index (κ2) is 7.22. The van der Waals surface area contributed by atoms with Crippen molar-refractivity contribution in [2.24, 2.45) is 5.92 Å². The number of rotatable bonds is 5. The molecule has 2 aromatic heterocycles. The Morgan fingerprint density at radius 3 is 2.96 bits per heavy atom. The molecule has 8 heteroatoms. The highest BCUT2D eigenvalue weighted by Crippen LogP contribution is 2.20. The third-order valence-electron chi connectivity index (χ3n) is 3.91. The smallest absolute Gasteiger partial charge is 0.326 e. The number of carbonyl (C=O) groups is 2. The molecule has 24 heavy (non-hydrogen) atoms. The van der Waals surface area contributed by atoms with E-state index in [9.17, 15) is 14.7 Å². The van der Waals surface area contributed by atoms with Crippen molar-refractivity contribution in [3.8, 4) is 11.3 Å². The molecular formula is C16H17N3O5. The van der Waals surface area contributed by atoms with Crippen molar-refractivity contribution in [1.82, 2.24) is 15.5 Å². The van der Waals surface area contributed by atoms with E-state index in [1.165, 1.54) is 6.07 Å². The Morgan fingerprint density at radius 1 is 1.42 bits per heavy atom. The van der Waals surface area contributed by atoms with Crippen LogP contribution in [0.2, 0.25) is 0 Å². The van der Waals surface area contributed by atoms with Crippen molar-refractivity contribution in [2.75, 3.05) is 13.2 Å². The first-order chi connectivity index (χ1) is 11.6. The molecule has 1 fully saturated rings. The first-order valence-corrected chi connectivity index (χ1v) is 7.63. The van der Waals surface area contributed by atoms with Crippen LogP contribution in [0.5, 0.6) is 0 Å². The average molecular weight is 331 g/mol. The van der Waals surface area contributed by atoms with Crippen LogP contribution in [0.1, 0.15) is 23.3 Å². The molecule has 0 bridgehead atoms. The number of nitrogens with zero attached hydrogens (tertiary/aromatic N) is 2. The fourth-order valence-electron chi connectivity index (χ4n) is 2.65. The minimum absolute atomic E-state index is 0.0248. The topological polar surface area (TPSA) is 115 Å². The first kappa shape index (κ1) is 16.1. The summed E-state index contributed by atoms with van der Waals surface area (Å²) in [5.41, 5.74) is 0.705. The van der Waals surface area contributed by atoms with Crippen LogP contribution in [-0.4, -0.2) is 46.4 Å². The number of carbonyl (C=O) groups excluding carboxylic acids is 1. The molecule has 2 N–H and O–H groups in total. The van der Waals surface area contributed by atoms with Gasteiger partial charge in [-0.15, -0.1) is 0 Å². The number of hydrogen-bond donors (Lipinski definition) is 2. The van der Waals surface area contributed by atoms with E-state index in [2.05, 4.69) is 15.5 Å². The molecule has 1 saturated heterocycles. The number of carboxylic acid groups (broad SMARTS) is 1. The van der Waals surface area contributed by atoms with Gasteiger partial charge in [-0.3, -0.25) is 9.78 Å². The van der Waals surface area contributed by atoms with E-state index >= 15 is 0 Å². The van der Waals surface area contributed by atoms with Crippen molar-refractivity contribution < 1.29 is 24.0 Å². The number of nitrogens with one attached hydrogen (secondary N) is 1. The van der Waals surface area contributed by atoms with Gasteiger partial charge >= 0.3 is 5.97 Å². The first-order valence-electron chi connectivity index (χ1n) is 7.63.